The first-order valence-electron chi connectivity index (χ1n) is 7.09. The summed E-state index contributed by atoms with van der Waals surface area (Å²) in [6.07, 6.45) is 1.08. The monoisotopic (exact) mass is 421 g/mol. The third-order valence-electron chi connectivity index (χ3n) is 3.36. The fourth-order valence-corrected chi connectivity index (χ4v) is 3.69. The molecule has 1 aliphatic heterocycles. The van der Waals surface area contributed by atoms with E-state index in [4.69, 9.17) is 14.2 Å². The van der Waals surface area contributed by atoms with Crippen LogP contribution in [0.2, 0.25) is 0 Å². The Bertz CT molecular complexity index is 428. The molecule has 1 fully saturated rings. The van der Waals surface area contributed by atoms with Gasteiger partial charge in [-0.1, -0.05) is 0 Å². The Labute approximate surface area is 142 Å². The minimum Gasteiger partial charge on any atom is -0.491 e. The standard InChI is InChI=1S/C15H21Br2NO3/c1-19-5-3-18-8-12-6-13(16)15(14(17)7-12)21-10-11-2-4-20-9-11/h6-7,11,18H,2-5,8-10H2,1H3. The van der Waals surface area contributed by atoms with Gasteiger partial charge in [-0.25, -0.2) is 0 Å². The third-order valence-corrected chi connectivity index (χ3v) is 4.54. The van der Waals surface area contributed by atoms with Crippen LogP contribution in [0.25, 0.3) is 0 Å². The molecule has 1 aromatic rings. The highest BCUT2D eigenvalue weighted by molar-refractivity contribution is 9.11. The summed E-state index contributed by atoms with van der Waals surface area (Å²) in [6, 6.07) is 4.18. The zero-order valence-corrected chi connectivity index (χ0v) is 15.3. The van der Waals surface area contributed by atoms with Gasteiger partial charge in [0.25, 0.3) is 0 Å². The third kappa shape index (κ3) is 5.53. The van der Waals surface area contributed by atoms with Crippen LogP contribution in [0.15, 0.2) is 21.1 Å². The second-order valence-corrected chi connectivity index (χ2v) is 6.81. The molecule has 1 aromatic carbocycles. The fourth-order valence-electron chi connectivity index (χ4n) is 2.18. The topological polar surface area (TPSA) is 39.7 Å². The molecule has 1 unspecified atom stereocenters. The van der Waals surface area contributed by atoms with Gasteiger partial charge < -0.3 is 19.5 Å². The molecule has 1 aliphatic rings. The highest BCUT2D eigenvalue weighted by Crippen LogP contribution is 2.35. The second kappa shape index (κ2) is 9.10. The largest absolute Gasteiger partial charge is 0.491 e. The lowest BCUT2D eigenvalue weighted by atomic mass is 10.1. The Balaban J connectivity index is 1.89. The number of halogens is 2. The molecule has 0 saturated carbocycles. The first kappa shape index (κ1) is 17.2. The predicted octanol–water partition coefficient (Wildman–Crippen LogP) is 3.36. The summed E-state index contributed by atoms with van der Waals surface area (Å²) in [5, 5.41) is 3.33. The molecule has 0 aliphatic carbocycles. The number of hydrogen-bond donors (Lipinski definition) is 1. The summed E-state index contributed by atoms with van der Waals surface area (Å²) in [5.41, 5.74) is 1.20. The average molecular weight is 423 g/mol. The van der Waals surface area contributed by atoms with Crippen molar-refractivity contribution in [3.05, 3.63) is 26.6 Å². The number of nitrogens with one attached hydrogen (secondary N) is 1. The van der Waals surface area contributed by atoms with E-state index >= 15 is 0 Å². The quantitative estimate of drug-likeness (QED) is 0.652. The van der Waals surface area contributed by atoms with Crippen molar-refractivity contribution in [3.8, 4) is 5.75 Å². The molecule has 0 radical (unpaired) electrons. The number of hydrogen-bond acceptors (Lipinski definition) is 4. The Morgan fingerprint density at radius 2 is 2.10 bits per heavy atom. The van der Waals surface area contributed by atoms with E-state index in [1.807, 2.05) is 0 Å². The fraction of sp³-hybridized carbons (Fsp3) is 0.600. The van der Waals surface area contributed by atoms with Gasteiger partial charge in [0.1, 0.15) is 5.75 Å². The summed E-state index contributed by atoms with van der Waals surface area (Å²) in [6.45, 7) is 4.71. The lowest BCUT2D eigenvalue weighted by molar-refractivity contribution is 0.166. The summed E-state index contributed by atoms with van der Waals surface area (Å²) in [7, 11) is 1.70. The van der Waals surface area contributed by atoms with Crippen molar-refractivity contribution in [2.24, 2.45) is 5.92 Å². The van der Waals surface area contributed by atoms with Crippen LogP contribution < -0.4 is 10.1 Å². The minimum atomic E-state index is 0.499. The molecule has 21 heavy (non-hydrogen) atoms. The van der Waals surface area contributed by atoms with Gasteiger partial charge >= 0.3 is 0 Å². The van der Waals surface area contributed by atoms with E-state index in [0.29, 0.717) is 19.1 Å². The van der Waals surface area contributed by atoms with Crippen molar-refractivity contribution in [1.82, 2.24) is 5.32 Å². The van der Waals surface area contributed by atoms with E-state index in [1.54, 1.807) is 7.11 Å². The Morgan fingerprint density at radius 3 is 2.71 bits per heavy atom. The Kier molecular flexibility index (Phi) is 7.46. The lowest BCUT2D eigenvalue weighted by Gasteiger charge is -2.15. The molecule has 0 amide bonds. The maximum atomic E-state index is 5.94. The average Bonchev–Trinajstić information content (AvgIpc) is 2.96. The Morgan fingerprint density at radius 1 is 1.33 bits per heavy atom. The summed E-state index contributed by atoms with van der Waals surface area (Å²) < 4.78 is 18.3. The van der Waals surface area contributed by atoms with Crippen LogP contribution in [0.5, 0.6) is 5.75 Å². The van der Waals surface area contributed by atoms with Crippen molar-refractivity contribution in [3.63, 3.8) is 0 Å². The van der Waals surface area contributed by atoms with E-state index < -0.39 is 0 Å². The Hall–Kier alpha value is -0.140. The minimum absolute atomic E-state index is 0.499. The number of rotatable bonds is 8. The number of benzene rings is 1. The van der Waals surface area contributed by atoms with Crippen molar-refractivity contribution >= 4 is 31.9 Å². The first-order chi connectivity index (χ1) is 10.2. The SMILES string of the molecule is COCCNCc1cc(Br)c(OCC2CCOC2)c(Br)c1. The molecule has 1 heterocycles. The number of ether oxygens (including phenoxy) is 3. The zero-order chi connectivity index (χ0) is 15.1. The zero-order valence-electron chi connectivity index (χ0n) is 12.2. The van der Waals surface area contributed by atoms with Crippen LogP contribution in [0, 0.1) is 5.92 Å². The van der Waals surface area contributed by atoms with Crippen molar-refractivity contribution in [2.45, 2.75) is 13.0 Å². The van der Waals surface area contributed by atoms with Crippen LogP contribution >= 0.6 is 31.9 Å². The molecule has 4 nitrogen and oxygen atoms in total. The summed E-state index contributed by atoms with van der Waals surface area (Å²) >= 11 is 7.18. The van der Waals surface area contributed by atoms with E-state index in [9.17, 15) is 0 Å². The van der Waals surface area contributed by atoms with Crippen LogP contribution in [0.3, 0.4) is 0 Å². The molecule has 1 saturated heterocycles. The van der Waals surface area contributed by atoms with Gasteiger partial charge in [0.15, 0.2) is 0 Å². The van der Waals surface area contributed by atoms with Gasteiger partial charge in [-0.3, -0.25) is 0 Å². The summed E-state index contributed by atoms with van der Waals surface area (Å²) in [4.78, 5) is 0. The van der Waals surface area contributed by atoms with Gasteiger partial charge in [0.2, 0.25) is 0 Å². The maximum absolute atomic E-state index is 5.94. The van der Waals surface area contributed by atoms with E-state index in [0.717, 1.165) is 47.4 Å². The van der Waals surface area contributed by atoms with E-state index in [2.05, 4.69) is 49.3 Å². The molecular weight excluding hydrogens is 402 g/mol. The van der Waals surface area contributed by atoms with Gasteiger partial charge in [-0.05, 0) is 56.0 Å². The highest BCUT2D eigenvalue weighted by Gasteiger charge is 2.18. The van der Waals surface area contributed by atoms with Crippen LogP contribution in [-0.4, -0.2) is 40.1 Å². The molecule has 0 aromatic heterocycles. The molecule has 1 atom stereocenters. The maximum Gasteiger partial charge on any atom is 0.147 e. The van der Waals surface area contributed by atoms with Crippen molar-refractivity contribution in [2.75, 3.05) is 40.1 Å². The first-order valence-corrected chi connectivity index (χ1v) is 8.67. The van der Waals surface area contributed by atoms with E-state index in [1.165, 1.54) is 5.56 Å². The van der Waals surface area contributed by atoms with Crippen molar-refractivity contribution < 1.29 is 14.2 Å². The van der Waals surface area contributed by atoms with E-state index in [-0.39, 0.29) is 0 Å². The highest BCUT2D eigenvalue weighted by atomic mass is 79.9. The molecule has 1 N–H and O–H groups in total. The smallest absolute Gasteiger partial charge is 0.147 e. The normalized spacial score (nSPS) is 18.1. The summed E-state index contributed by atoms with van der Waals surface area (Å²) in [5.74, 6) is 1.36. The number of methoxy groups -OCH3 is 1. The predicted molar refractivity (Wildman–Crippen MR) is 89.8 cm³/mol. The lowest BCUT2D eigenvalue weighted by Crippen LogP contribution is -2.18. The van der Waals surface area contributed by atoms with Crippen LogP contribution in [-0.2, 0) is 16.0 Å². The van der Waals surface area contributed by atoms with Gasteiger partial charge in [-0.2, -0.15) is 0 Å². The molecule has 2 rings (SSSR count). The van der Waals surface area contributed by atoms with Crippen LogP contribution in [0.1, 0.15) is 12.0 Å². The molecule has 118 valence electrons. The second-order valence-electron chi connectivity index (χ2n) is 5.10. The van der Waals surface area contributed by atoms with Crippen LogP contribution in [0.4, 0.5) is 0 Å². The molecular formula is C15H21Br2NO3. The van der Waals surface area contributed by atoms with Crippen molar-refractivity contribution in [1.29, 1.82) is 0 Å². The van der Waals surface area contributed by atoms with Gasteiger partial charge in [-0.15, -0.1) is 0 Å². The van der Waals surface area contributed by atoms with Gasteiger partial charge in [0, 0.05) is 32.7 Å². The van der Waals surface area contributed by atoms with Gasteiger partial charge in [0.05, 0.1) is 28.8 Å². The molecule has 6 heteroatoms. The molecule has 0 spiro atoms. The molecule has 0 bridgehead atoms.